The Morgan fingerprint density at radius 1 is 1.54 bits per heavy atom. The van der Waals surface area contributed by atoms with Crippen LogP contribution in [0.3, 0.4) is 0 Å². The van der Waals surface area contributed by atoms with Gasteiger partial charge in [0, 0.05) is 0 Å². The SMILES string of the molecule is Cc1cc(O)c2nc(NN)sc2c1. The van der Waals surface area contributed by atoms with Gasteiger partial charge >= 0.3 is 0 Å². The maximum atomic E-state index is 9.54. The van der Waals surface area contributed by atoms with Crippen LogP contribution in [0.2, 0.25) is 0 Å². The maximum Gasteiger partial charge on any atom is 0.198 e. The van der Waals surface area contributed by atoms with Crippen LogP contribution in [0, 0.1) is 6.92 Å². The smallest absolute Gasteiger partial charge is 0.198 e. The van der Waals surface area contributed by atoms with Gasteiger partial charge in [-0.2, -0.15) is 0 Å². The molecule has 0 radical (unpaired) electrons. The van der Waals surface area contributed by atoms with E-state index in [1.807, 2.05) is 13.0 Å². The van der Waals surface area contributed by atoms with Gasteiger partial charge in [-0.1, -0.05) is 11.3 Å². The van der Waals surface area contributed by atoms with Crippen LogP contribution in [-0.4, -0.2) is 10.1 Å². The number of benzene rings is 1. The molecule has 0 saturated heterocycles. The van der Waals surface area contributed by atoms with E-state index >= 15 is 0 Å². The van der Waals surface area contributed by atoms with Crippen molar-refractivity contribution in [1.82, 2.24) is 4.98 Å². The van der Waals surface area contributed by atoms with E-state index in [0.717, 1.165) is 10.3 Å². The van der Waals surface area contributed by atoms with Gasteiger partial charge in [0.1, 0.15) is 11.3 Å². The van der Waals surface area contributed by atoms with Crippen LogP contribution >= 0.6 is 11.3 Å². The second-order valence-corrected chi connectivity index (χ2v) is 3.82. The van der Waals surface area contributed by atoms with E-state index in [4.69, 9.17) is 5.84 Å². The largest absolute Gasteiger partial charge is 0.506 e. The molecule has 1 aromatic heterocycles. The number of rotatable bonds is 1. The molecule has 0 bridgehead atoms. The number of aryl methyl sites for hydroxylation is 1. The number of hydrazine groups is 1. The summed E-state index contributed by atoms with van der Waals surface area (Å²) in [6.07, 6.45) is 0. The van der Waals surface area contributed by atoms with Crippen LogP contribution in [0.25, 0.3) is 10.2 Å². The molecule has 5 heteroatoms. The van der Waals surface area contributed by atoms with Crippen molar-refractivity contribution >= 4 is 26.7 Å². The van der Waals surface area contributed by atoms with Crippen LogP contribution in [0.15, 0.2) is 12.1 Å². The minimum atomic E-state index is 0.202. The number of anilines is 1. The molecule has 0 aliphatic carbocycles. The quantitative estimate of drug-likeness (QED) is 0.477. The standard InChI is InChI=1S/C8H9N3OS/c1-4-2-5(12)7-6(3-4)13-8(10-7)11-9/h2-3,12H,9H2,1H3,(H,10,11). The van der Waals surface area contributed by atoms with E-state index in [0.29, 0.717) is 10.6 Å². The van der Waals surface area contributed by atoms with Crippen molar-refractivity contribution in [2.45, 2.75) is 6.92 Å². The Morgan fingerprint density at radius 2 is 2.31 bits per heavy atom. The fourth-order valence-corrected chi connectivity index (χ4v) is 2.10. The van der Waals surface area contributed by atoms with Crippen molar-refractivity contribution in [2.24, 2.45) is 5.84 Å². The second kappa shape index (κ2) is 2.86. The van der Waals surface area contributed by atoms with Gasteiger partial charge in [0.15, 0.2) is 5.13 Å². The molecular weight excluding hydrogens is 186 g/mol. The lowest BCUT2D eigenvalue weighted by molar-refractivity contribution is 0.480. The number of thiazole rings is 1. The second-order valence-electron chi connectivity index (χ2n) is 2.79. The Morgan fingerprint density at radius 3 is 3.00 bits per heavy atom. The van der Waals surface area contributed by atoms with Gasteiger partial charge in [-0.3, -0.25) is 5.43 Å². The molecule has 2 aromatic rings. The summed E-state index contributed by atoms with van der Waals surface area (Å²) >= 11 is 1.42. The molecule has 0 atom stereocenters. The molecule has 0 aliphatic rings. The molecule has 1 aromatic carbocycles. The summed E-state index contributed by atoms with van der Waals surface area (Å²) in [6, 6.07) is 3.65. The predicted octanol–water partition coefficient (Wildman–Crippen LogP) is 1.60. The number of aromatic nitrogens is 1. The summed E-state index contributed by atoms with van der Waals surface area (Å²) in [5.74, 6) is 5.42. The highest BCUT2D eigenvalue weighted by Gasteiger charge is 2.07. The Bertz CT molecular complexity index is 452. The number of aromatic hydroxyl groups is 1. The number of phenolic OH excluding ortho intramolecular Hbond substituents is 1. The van der Waals surface area contributed by atoms with Crippen LogP contribution in [-0.2, 0) is 0 Å². The highest BCUT2D eigenvalue weighted by Crippen LogP contribution is 2.32. The molecule has 0 amide bonds. The van der Waals surface area contributed by atoms with Crippen molar-refractivity contribution in [3.63, 3.8) is 0 Å². The molecule has 0 saturated carbocycles. The summed E-state index contributed by atoms with van der Waals surface area (Å²) < 4.78 is 0.936. The fourth-order valence-electron chi connectivity index (χ4n) is 1.21. The Balaban J connectivity index is 2.75. The summed E-state index contributed by atoms with van der Waals surface area (Å²) in [4.78, 5) is 4.10. The zero-order chi connectivity index (χ0) is 9.42. The average molecular weight is 195 g/mol. The lowest BCUT2D eigenvalue weighted by Gasteiger charge is -1.94. The fraction of sp³-hybridized carbons (Fsp3) is 0.125. The van der Waals surface area contributed by atoms with E-state index in [1.54, 1.807) is 6.07 Å². The first-order valence-electron chi connectivity index (χ1n) is 3.77. The molecule has 0 aliphatic heterocycles. The molecule has 0 spiro atoms. The lowest BCUT2D eigenvalue weighted by Crippen LogP contribution is -2.05. The number of fused-ring (bicyclic) bond motifs is 1. The first-order valence-corrected chi connectivity index (χ1v) is 4.59. The molecule has 0 unspecified atom stereocenters. The number of nitrogens with one attached hydrogen (secondary N) is 1. The topological polar surface area (TPSA) is 71.2 Å². The highest BCUT2D eigenvalue weighted by molar-refractivity contribution is 7.22. The normalized spacial score (nSPS) is 10.6. The monoisotopic (exact) mass is 195 g/mol. The molecular formula is C8H9N3OS. The van der Waals surface area contributed by atoms with Gasteiger partial charge in [-0.15, -0.1) is 0 Å². The predicted molar refractivity (Wildman–Crippen MR) is 53.8 cm³/mol. The van der Waals surface area contributed by atoms with Crippen LogP contribution in [0.1, 0.15) is 5.56 Å². The van der Waals surface area contributed by atoms with Gasteiger partial charge in [0.05, 0.1) is 4.70 Å². The van der Waals surface area contributed by atoms with E-state index < -0.39 is 0 Å². The van der Waals surface area contributed by atoms with Crippen molar-refractivity contribution in [2.75, 3.05) is 5.43 Å². The number of nitrogen functional groups attached to an aromatic ring is 1. The first kappa shape index (κ1) is 8.28. The minimum Gasteiger partial charge on any atom is -0.506 e. The number of hydrogen-bond donors (Lipinski definition) is 3. The third kappa shape index (κ3) is 1.32. The van der Waals surface area contributed by atoms with Gasteiger partial charge in [0.2, 0.25) is 0 Å². The Labute approximate surface area is 79.0 Å². The minimum absolute atomic E-state index is 0.202. The van der Waals surface area contributed by atoms with E-state index in [1.165, 1.54) is 11.3 Å². The number of nitrogens with zero attached hydrogens (tertiary/aromatic N) is 1. The molecule has 1 heterocycles. The third-order valence-electron chi connectivity index (χ3n) is 1.74. The maximum absolute atomic E-state index is 9.54. The molecule has 4 nitrogen and oxygen atoms in total. The summed E-state index contributed by atoms with van der Waals surface area (Å²) in [5, 5.41) is 10.1. The molecule has 68 valence electrons. The van der Waals surface area contributed by atoms with Gasteiger partial charge in [0.25, 0.3) is 0 Å². The highest BCUT2D eigenvalue weighted by atomic mass is 32.1. The van der Waals surface area contributed by atoms with Crippen molar-refractivity contribution in [3.05, 3.63) is 17.7 Å². The molecule has 2 rings (SSSR count). The van der Waals surface area contributed by atoms with E-state index in [-0.39, 0.29) is 5.75 Å². The summed E-state index contributed by atoms with van der Waals surface area (Å²) in [5.41, 5.74) is 4.07. The number of phenols is 1. The van der Waals surface area contributed by atoms with Crippen LogP contribution < -0.4 is 11.3 Å². The van der Waals surface area contributed by atoms with Crippen LogP contribution in [0.4, 0.5) is 5.13 Å². The Kier molecular flexibility index (Phi) is 1.82. The summed E-state index contributed by atoms with van der Waals surface area (Å²) in [7, 11) is 0. The zero-order valence-electron chi connectivity index (χ0n) is 7.03. The Hall–Kier alpha value is -1.33. The summed E-state index contributed by atoms with van der Waals surface area (Å²) in [6.45, 7) is 1.93. The average Bonchev–Trinajstić information content (AvgIpc) is 2.47. The van der Waals surface area contributed by atoms with Crippen molar-refractivity contribution < 1.29 is 5.11 Å². The van der Waals surface area contributed by atoms with Gasteiger partial charge in [-0.25, -0.2) is 10.8 Å². The number of hydrogen-bond acceptors (Lipinski definition) is 5. The molecule has 4 N–H and O–H groups in total. The van der Waals surface area contributed by atoms with Crippen molar-refractivity contribution in [1.29, 1.82) is 0 Å². The third-order valence-corrected chi connectivity index (χ3v) is 2.68. The van der Waals surface area contributed by atoms with Crippen LogP contribution in [0.5, 0.6) is 5.75 Å². The van der Waals surface area contributed by atoms with Crippen molar-refractivity contribution in [3.8, 4) is 5.75 Å². The zero-order valence-corrected chi connectivity index (χ0v) is 7.85. The van der Waals surface area contributed by atoms with Gasteiger partial charge in [-0.05, 0) is 24.6 Å². The molecule has 13 heavy (non-hydrogen) atoms. The first-order chi connectivity index (χ1) is 6.20. The lowest BCUT2D eigenvalue weighted by atomic mass is 10.2. The number of nitrogens with two attached hydrogens (primary N) is 1. The van der Waals surface area contributed by atoms with E-state index in [9.17, 15) is 5.11 Å². The van der Waals surface area contributed by atoms with Gasteiger partial charge < -0.3 is 5.11 Å². The molecule has 0 fully saturated rings. The van der Waals surface area contributed by atoms with E-state index in [2.05, 4.69) is 10.4 Å².